The second-order valence-electron chi connectivity index (χ2n) is 8.68. The van der Waals surface area contributed by atoms with Crippen LogP contribution >= 0.6 is 0 Å². The van der Waals surface area contributed by atoms with E-state index in [1.54, 1.807) is 24.3 Å². The number of carbonyl (C=O) groups excluding carboxylic acids is 1. The van der Waals surface area contributed by atoms with E-state index in [9.17, 15) is 18.0 Å². The van der Waals surface area contributed by atoms with Gasteiger partial charge >= 0.3 is 6.18 Å². The van der Waals surface area contributed by atoms with E-state index < -0.39 is 12.0 Å². The van der Waals surface area contributed by atoms with E-state index in [-0.39, 0.29) is 18.4 Å². The lowest BCUT2D eigenvalue weighted by Crippen LogP contribution is -2.43. The van der Waals surface area contributed by atoms with Crippen molar-refractivity contribution in [2.45, 2.75) is 32.0 Å². The van der Waals surface area contributed by atoms with Crippen LogP contribution in [0.2, 0.25) is 0 Å². The summed E-state index contributed by atoms with van der Waals surface area (Å²) in [5, 5.41) is 0. The summed E-state index contributed by atoms with van der Waals surface area (Å²) in [4.78, 5) is 20.7. The summed E-state index contributed by atoms with van der Waals surface area (Å²) in [5.41, 5.74) is 3.09. The number of para-hydroxylation sites is 3. The highest BCUT2D eigenvalue weighted by molar-refractivity contribution is 5.96. The molecule has 5 nitrogen and oxygen atoms in total. The average Bonchev–Trinajstić information content (AvgIpc) is 3.37. The number of benzene rings is 2. The Kier molecular flexibility index (Phi) is 5.41. The van der Waals surface area contributed by atoms with Crippen LogP contribution in [0.1, 0.15) is 24.2 Å². The third kappa shape index (κ3) is 3.99. The van der Waals surface area contributed by atoms with Crippen LogP contribution in [-0.4, -0.2) is 46.5 Å². The van der Waals surface area contributed by atoms with Crippen LogP contribution in [0, 0.1) is 5.92 Å². The van der Waals surface area contributed by atoms with E-state index >= 15 is 0 Å². The number of piperidine rings is 1. The molecule has 0 saturated carbocycles. The van der Waals surface area contributed by atoms with Gasteiger partial charge in [0.2, 0.25) is 11.7 Å². The summed E-state index contributed by atoms with van der Waals surface area (Å²) in [7, 11) is 0. The van der Waals surface area contributed by atoms with Crippen molar-refractivity contribution >= 4 is 22.6 Å². The summed E-state index contributed by atoms with van der Waals surface area (Å²) < 4.78 is 42.0. The molecule has 0 spiro atoms. The van der Waals surface area contributed by atoms with E-state index in [0.29, 0.717) is 37.2 Å². The highest BCUT2D eigenvalue weighted by atomic mass is 19.4. The van der Waals surface area contributed by atoms with Gasteiger partial charge in [0.25, 0.3) is 0 Å². The SMILES string of the molecule is O=C(CN1CCC(Cn2c(C(F)(F)F)nc3ccccc32)CC1)N1CCc2ccccc21. The molecular weight excluding hydrogens is 417 g/mol. The standard InChI is InChI=1S/C24H25F3N4O/c25-24(26,27)23-28-19-6-2-4-8-21(19)31(23)15-17-9-12-29(13-10-17)16-22(32)30-14-11-18-5-1-3-7-20(18)30/h1-8,17H,9-16H2. The summed E-state index contributed by atoms with van der Waals surface area (Å²) in [5.74, 6) is -0.620. The van der Waals surface area contributed by atoms with Crippen molar-refractivity contribution in [2.75, 3.05) is 31.1 Å². The molecule has 0 bridgehead atoms. The highest BCUT2D eigenvalue weighted by Gasteiger charge is 2.38. The van der Waals surface area contributed by atoms with E-state index in [1.165, 1.54) is 10.1 Å². The molecule has 32 heavy (non-hydrogen) atoms. The number of hydrogen-bond donors (Lipinski definition) is 0. The Labute approximate surface area is 184 Å². The number of fused-ring (bicyclic) bond motifs is 2. The van der Waals surface area contributed by atoms with E-state index in [4.69, 9.17) is 0 Å². The first-order valence-corrected chi connectivity index (χ1v) is 11.0. The van der Waals surface area contributed by atoms with Crippen LogP contribution < -0.4 is 4.90 Å². The van der Waals surface area contributed by atoms with Crippen molar-refractivity contribution in [3.63, 3.8) is 0 Å². The molecule has 3 heterocycles. The van der Waals surface area contributed by atoms with E-state index in [1.807, 2.05) is 23.1 Å². The Morgan fingerprint density at radius 2 is 1.72 bits per heavy atom. The predicted molar refractivity (Wildman–Crippen MR) is 116 cm³/mol. The molecule has 0 N–H and O–H groups in total. The number of hydrogen-bond acceptors (Lipinski definition) is 3. The van der Waals surface area contributed by atoms with Gasteiger partial charge in [0.1, 0.15) is 0 Å². The minimum atomic E-state index is -4.49. The molecule has 2 aliphatic heterocycles. The molecule has 1 amide bonds. The average molecular weight is 442 g/mol. The van der Waals surface area contributed by atoms with Crippen molar-refractivity contribution in [3.05, 3.63) is 59.9 Å². The first kappa shape index (κ1) is 21.0. The Hall–Kier alpha value is -2.87. The van der Waals surface area contributed by atoms with Crippen molar-refractivity contribution in [2.24, 2.45) is 5.92 Å². The maximum absolute atomic E-state index is 13.6. The minimum absolute atomic E-state index is 0.0911. The zero-order valence-electron chi connectivity index (χ0n) is 17.7. The molecular formula is C24H25F3N4O. The number of alkyl halides is 3. The van der Waals surface area contributed by atoms with Gasteiger partial charge in [0.05, 0.1) is 17.6 Å². The van der Waals surface area contributed by atoms with Crippen LogP contribution in [0.3, 0.4) is 0 Å². The molecule has 0 unspecified atom stereocenters. The van der Waals surface area contributed by atoms with Crippen molar-refractivity contribution in [3.8, 4) is 0 Å². The lowest BCUT2D eigenvalue weighted by molar-refractivity contribution is -0.147. The van der Waals surface area contributed by atoms with Gasteiger partial charge in [-0.2, -0.15) is 13.2 Å². The molecule has 3 aromatic rings. The second-order valence-corrected chi connectivity index (χ2v) is 8.68. The molecule has 0 atom stereocenters. The van der Waals surface area contributed by atoms with Crippen LogP contribution in [0.5, 0.6) is 0 Å². The number of halogens is 3. The normalized spacial score (nSPS) is 17.8. The number of carbonyl (C=O) groups is 1. The number of rotatable bonds is 4. The number of anilines is 1. The molecule has 1 fully saturated rings. The zero-order chi connectivity index (χ0) is 22.3. The predicted octanol–water partition coefficient (Wildman–Crippen LogP) is 4.36. The summed E-state index contributed by atoms with van der Waals surface area (Å²) in [6.45, 7) is 2.77. The topological polar surface area (TPSA) is 41.4 Å². The first-order valence-electron chi connectivity index (χ1n) is 11.0. The van der Waals surface area contributed by atoms with Gasteiger partial charge in [-0.15, -0.1) is 0 Å². The van der Waals surface area contributed by atoms with Gasteiger partial charge < -0.3 is 9.47 Å². The van der Waals surface area contributed by atoms with Crippen molar-refractivity contribution in [1.29, 1.82) is 0 Å². The second kappa shape index (κ2) is 8.24. The summed E-state index contributed by atoms with van der Waals surface area (Å²) in [6.07, 6.45) is -2.09. The number of nitrogens with zero attached hydrogens (tertiary/aromatic N) is 4. The summed E-state index contributed by atoms with van der Waals surface area (Å²) >= 11 is 0. The lowest BCUT2D eigenvalue weighted by Gasteiger charge is -2.33. The van der Waals surface area contributed by atoms with Crippen LogP contribution in [-0.2, 0) is 23.9 Å². The van der Waals surface area contributed by atoms with E-state index in [0.717, 1.165) is 24.9 Å². The van der Waals surface area contributed by atoms with Gasteiger partial charge in [0, 0.05) is 18.8 Å². The van der Waals surface area contributed by atoms with Gasteiger partial charge in [-0.1, -0.05) is 30.3 Å². The quantitative estimate of drug-likeness (QED) is 0.603. The van der Waals surface area contributed by atoms with Crippen molar-refractivity contribution < 1.29 is 18.0 Å². The molecule has 8 heteroatoms. The number of aromatic nitrogens is 2. The first-order chi connectivity index (χ1) is 15.4. The van der Waals surface area contributed by atoms with Crippen LogP contribution in [0.4, 0.5) is 18.9 Å². The molecule has 0 aliphatic carbocycles. The molecule has 0 radical (unpaired) electrons. The molecule has 1 saturated heterocycles. The molecule has 5 rings (SSSR count). The van der Waals surface area contributed by atoms with Crippen LogP contribution in [0.15, 0.2) is 48.5 Å². The number of imidazole rings is 1. The lowest BCUT2D eigenvalue weighted by atomic mass is 9.96. The smallest absolute Gasteiger partial charge is 0.320 e. The molecule has 2 aromatic carbocycles. The molecule has 168 valence electrons. The van der Waals surface area contributed by atoms with Crippen LogP contribution in [0.25, 0.3) is 11.0 Å². The zero-order valence-corrected chi connectivity index (χ0v) is 17.7. The number of likely N-dealkylation sites (tertiary alicyclic amines) is 1. The number of amides is 1. The third-order valence-electron chi connectivity index (χ3n) is 6.60. The minimum Gasteiger partial charge on any atom is -0.320 e. The molecule has 2 aliphatic rings. The van der Waals surface area contributed by atoms with Gasteiger partial charge in [-0.25, -0.2) is 4.98 Å². The highest BCUT2D eigenvalue weighted by Crippen LogP contribution is 2.33. The third-order valence-corrected chi connectivity index (χ3v) is 6.60. The summed E-state index contributed by atoms with van der Waals surface area (Å²) in [6, 6.07) is 14.7. The molecule has 1 aromatic heterocycles. The Morgan fingerprint density at radius 1 is 1.00 bits per heavy atom. The fraction of sp³-hybridized carbons (Fsp3) is 0.417. The fourth-order valence-corrected chi connectivity index (χ4v) is 4.94. The maximum Gasteiger partial charge on any atom is 0.449 e. The fourth-order valence-electron chi connectivity index (χ4n) is 4.94. The maximum atomic E-state index is 13.6. The van der Waals surface area contributed by atoms with Crippen molar-refractivity contribution in [1.82, 2.24) is 14.5 Å². The monoisotopic (exact) mass is 442 g/mol. The largest absolute Gasteiger partial charge is 0.449 e. The Morgan fingerprint density at radius 3 is 2.50 bits per heavy atom. The van der Waals surface area contributed by atoms with Gasteiger partial charge in [0.15, 0.2) is 0 Å². The van der Waals surface area contributed by atoms with Gasteiger partial charge in [-0.05, 0) is 62.0 Å². The van der Waals surface area contributed by atoms with Gasteiger partial charge in [-0.3, -0.25) is 9.69 Å². The Bertz CT molecular complexity index is 1130. The van der Waals surface area contributed by atoms with E-state index in [2.05, 4.69) is 16.0 Å². The Balaban J connectivity index is 1.22.